The summed E-state index contributed by atoms with van der Waals surface area (Å²) in [5.41, 5.74) is 0.452. The fraction of sp³-hybridized carbons (Fsp3) is 0.471. The second kappa shape index (κ2) is 5.60. The molecule has 1 heterocycles. The van der Waals surface area contributed by atoms with Gasteiger partial charge in [0.1, 0.15) is 5.82 Å². The highest BCUT2D eigenvalue weighted by atomic mass is 19.1. The molecule has 1 saturated heterocycles. The predicted molar refractivity (Wildman–Crippen MR) is 79.3 cm³/mol. The average Bonchev–Trinajstić information content (AvgIpc) is 2.98. The number of fused-ring (bicyclic) bond motifs is 1. The maximum Gasteiger partial charge on any atom is 0.311 e. The molecule has 1 N–H and O–H groups in total. The highest BCUT2D eigenvalue weighted by Crippen LogP contribution is 2.48. The summed E-state index contributed by atoms with van der Waals surface area (Å²) in [6.45, 7) is 2.28. The molecular formula is C17H20FNO2. The van der Waals surface area contributed by atoms with E-state index in [-0.39, 0.29) is 5.82 Å². The van der Waals surface area contributed by atoms with Gasteiger partial charge < -0.3 is 5.11 Å². The zero-order chi connectivity index (χ0) is 14.9. The van der Waals surface area contributed by atoms with Crippen LogP contribution in [0.5, 0.6) is 0 Å². The van der Waals surface area contributed by atoms with Gasteiger partial charge in [-0.2, -0.15) is 0 Å². The lowest BCUT2D eigenvalue weighted by molar-refractivity contribution is -0.149. The number of hydrogen-bond acceptors (Lipinski definition) is 2. The first-order chi connectivity index (χ1) is 10.1. The van der Waals surface area contributed by atoms with E-state index >= 15 is 0 Å². The molecule has 2 aliphatic rings. The Morgan fingerprint density at radius 3 is 2.86 bits per heavy atom. The highest BCUT2D eigenvalue weighted by Gasteiger charge is 2.54. The van der Waals surface area contributed by atoms with Crippen LogP contribution in [0.15, 0.2) is 30.3 Å². The van der Waals surface area contributed by atoms with Crippen LogP contribution in [0.3, 0.4) is 0 Å². The summed E-state index contributed by atoms with van der Waals surface area (Å²) in [4.78, 5) is 13.8. The molecule has 1 aromatic carbocycles. The van der Waals surface area contributed by atoms with Gasteiger partial charge in [-0.25, -0.2) is 4.39 Å². The smallest absolute Gasteiger partial charge is 0.311 e. The van der Waals surface area contributed by atoms with Gasteiger partial charge in [-0.15, -0.1) is 0 Å². The minimum Gasteiger partial charge on any atom is -0.481 e. The lowest BCUT2D eigenvalue weighted by Gasteiger charge is -2.23. The fourth-order valence-corrected chi connectivity index (χ4v) is 3.79. The van der Waals surface area contributed by atoms with E-state index in [1.165, 1.54) is 12.1 Å². The van der Waals surface area contributed by atoms with Crippen molar-refractivity contribution in [2.75, 3.05) is 19.6 Å². The topological polar surface area (TPSA) is 40.5 Å². The summed E-state index contributed by atoms with van der Waals surface area (Å²) >= 11 is 0. The quantitative estimate of drug-likeness (QED) is 0.926. The molecular weight excluding hydrogens is 269 g/mol. The summed E-state index contributed by atoms with van der Waals surface area (Å²) < 4.78 is 12.8. The van der Waals surface area contributed by atoms with Crippen LogP contribution >= 0.6 is 0 Å². The molecule has 0 radical (unpaired) electrons. The predicted octanol–water partition coefficient (Wildman–Crippen LogP) is 3.03. The number of carbonyl (C=O) groups is 1. The first kappa shape index (κ1) is 14.3. The molecule has 2 atom stereocenters. The van der Waals surface area contributed by atoms with Crippen molar-refractivity contribution in [1.29, 1.82) is 0 Å². The summed E-state index contributed by atoms with van der Waals surface area (Å²) in [5.74, 6) is -0.563. The van der Waals surface area contributed by atoms with E-state index in [2.05, 4.69) is 4.90 Å². The molecule has 3 rings (SSSR count). The summed E-state index contributed by atoms with van der Waals surface area (Å²) in [7, 11) is 0. The van der Waals surface area contributed by atoms with E-state index < -0.39 is 11.4 Å². The summed E-state index contributed by atoms with van der Waals surface area (Å²) in [6, 6.07) is 6.37. The Kier molecular flexibility index (Phi) is 3.81. The van der Waals surface area contributed by atoms with E-state index in [0.29, 0.717) is 12.5 Å². The molecule has 1 saturated carbocycles. The normalized spacial score (nSPS) is 29.1. The molecule has 0 bridgehead atoms. The van der Waals surface area contributed by atoms with Crippen LogP contribution in [0, 0.1) is 17.2 Å². The van der Waals surface area contributed by atoms with Crippen molar-refractivity contribution < 1.29 is 14.3 Å². The molecule has 0 amide bonds. The second-order valence-electron chi connectivity index (χ2n) is 6.20. The number of benzene rings is 1. The van der Waals surface area contributed by atoms with Crippen LogP contribution in [0.1, 0.15) is 24.8 Å². The molecule has 3 nitrogen and oxygen atoms in total. The summed E-state index contributed by atoms with van der Waals surface area (Å²) in [5, 5.41) is 9.54. The van der Waals surface area contributed by atoms with Crippen molar-refractivity contribution in [3.8, 4) is 0 Å². The molecule has 1 aliphatic heterocycles. The average molecular weight is 289 g/mol. The number of halogens is 1. The number of likely N-dealkylation sites (tertiary alicyclic amines) is 1. The van der Waals surface area contributed by atoms with Gasteiger partial charge in [-0.1, -0.05) is 30.7 Å². The SMILES string of the molecule is O=C(O)[C@@]12CCC[C@H]1CN(C/C=C/c1ccc(F)cc1)C2. The lowest BCUT2D eigenvalue weighted by atomic mass is 9.81. The third-order valence-corrected chi connectivity index (χ3v) is 4.91. The van der Waals surface area contributed by atoms with Crippen LogP contribution in [-0.2, 0) is 4.79 Å². The molecule has 4 heteroatoms. The zero-order valence-corrected chi connectivity index (χ0v) is 12.0. The first-order valence-corrected chi connectivity index (χ1v) is 7.48. The van der Waals surface area contributed by atoms with E-state index in [1.807, 2.05) is 12.2 Å². The Hall–Kier alpha value is -1.68. The Balaban J connectivity index is 1.60. The van der Waals surface area contributed by atoms with Gasteiger partial charge in [0, 0.05) is 19.6 Å². The van der Waals surface area contributed by atoms with Gasteiger partial charge in [-0.3, -0.25) is 9.69 Å². The van der Waals surface area contributed by atoms with Gasteiger partial charge in [0.2, 0.25) is 0 Å². The van der Waals surface area contributed by atoms with Crippen molar-refractivity contribution in [3.05, 3.63) is 41.7 Å². The van der Waals surface area contributed by atoms with Crippen LogP contribution < -0.4 is 0 Å². The number of carboxylic acid groups (broad SMARTS) is 1. The second-order valence-corrected chi connectivity index (χ2v) is 6.20. The van der Waals surface area contributed by atoms with Crippen LogP contribution in [0.25, 0.3) is 6.08 Å². The first-order valence-electron chi connectivity index (χ1n) is 7.48. The Morgan fingerprint density at radius 2 is 2.19 bits per heavy atom. The Morgan fingerprint density at radius 1 is 1.43 bits per heavy atom. The Labute approximate surface area is 124 Å². The van der Waals surface area contributed by atoms with Gasteiger partial charge in [0.05, 0.1) is 5.41 Å². The van der Waals surface area contributed by atoms with Crippen molar-refractivity contribution in [1.82, 2.24) is 4.90 Å². The van der Waals surface area contributed by atoms with Crippen molar-refractivity contribution in [2.45, 2.75) is 19.3 Å². The van der Waals surface area contributed by atoms with Crippen molar-refractivity contribution in [2.24, 2.45) is 11.3 Å². The van der Waals surface area contributed by atoms with Crippen molar-refractivity contribution in [3.63, 3.8) is 0 Å². The maximum absolute atomic E-state index is 12.8. The molecule has 0 aromatic heterocycles. The molecule has 112 valence electrons. The van der Waals surface area contributed by atoms with Crippen LogP contribution in [0.4, 0.5) is 4.39 Å². The Bertz CT molecular complexity index is 554. The molecule has 21 heavy (non-hydrogen) atoms. The van der Waals surface area contributed by atoms with Crippen molar-refractivity contribution >= 4 is 12.0 Å². The minimum absolute atomic E-state index is 0.233. The third kappa shape index (κ3) is 2.72. The van der Waals surface area contributed by atoms with E-state index in [1.54, 1.807) is 12.1 Å². The molecule has 2 fully saturated rings. The van der Waals surface area contributed by atoms with E-state index in [0.717, 1.165) is 37.9 Å². The number of hydrogen-bond donors (Lipinski definition) is 1. The number of rotatable bonds is 4. The van der Waals surface area contributed by atoms with E-state index in [9.17, 15) is 14.3 Å². The molecule has 0 unspecified atom stereocenters. The minimum atomic E-state index is -0.630. The fourth-order valence-electron chi connectivity index (χ4n) is 3.79. The number of nitrogens with zero attached hydrogens (tertiary/aromatic N) is 1. The van der Waals surface area contributed by atoms with E-state index in [4.69, 9.17) is 0 Å². The molecule has 1 aliphatic carbocycles. The zero-order valence-electron chi connectivity index (χ0n) is 12.0. The summed E-state index contributed by atoms with van der Waals surface area (Å²) in [6.07, 6.45) is 6.87. The van der Waals surface area contributed by atoms with Gasteiger partial charge >= 0.3 is 5.97 Å². The van der Waals surface area contributed by atoms with Crippen LogP contribution in [0.2, 0.25) is 0 Å². The lowest BCUT2D eigenvalue weighted by Crippen LogP contribution is -2.35. The third-order valence-electron chi connectivity index (χ3n) is 4.91. The van der Waals surface area contributed by atoms with Gasteiger partial charge in [0.15, 0.2) is 0 Å². The van der Waals surface area contributed by atoms with Crippen LogP contribution in [-0.4, -0.2) is 35.6 Å². The maximum atomic E-state index is 12.8. The number of carboxylic acids is 1. The molecule has 0 spiro atoms. The van der Waals surface area contributed by atoms with Gasteiger partial charge in [0.25, 0.3) is 0 Å². The standard InChI is InChI=1S/C17H20FNO2/c18-15-7-5-13(6-8-15)3-2-10-19-11-14-4-1-9-17(14,12-19)16(20)21/h2-3,5-8,14H,1,4,9-12H2,(H,20,21)/b3-2+/t14-,17+/m0/s1. The highest BCUT2D eigenvalue weighted by molar-refractivity contribution is 5.76. The molecule has 1 aromatic rings. The largest absolute Gasteiger partial charge is 0.481 e. The van der Waals surface area contributed by atoms with Gasteiger partial charge in [-0.05, 0) is 36.5 Å². The monoisotopic (exact) mass is 289 g/mol. The number of aliphatic carboxylic acids is 1.